The van der Waals surface area contributed by atoms with Crippen molar-refractivity contribution in [3.63, 3.8) is 0 Å². The number of aliphatic carboxylic acids is 1. The number of hydrogen-bond acceptors (Lipinski definition) is 3. The van der Waals surface area contributed by atoms with E-state index in [0.717, 1.165) is 0 Å². The van der Waals surface area contributed by atoms with Crippen LogP contribution in [0.25, 0.3) is 0 Å². The zero-order valence-electron chi connectivity index (χ0n) is 11.6. The van der Waals surface area contributed by atoms with Crippen LogP contribution in [0.15, 0.2) is 18.2 Å². The molecule has 1 aliphatic heterocycles. The van der Waals surface area contributed by atoms with E-state index in [0.29, 0.717) is 26.2 Å². The highest BCUT2D eigenvalue weighted by atomic mass is 35.5. The molecule has 1 fully saturated rings. The first-order valence-corrected chi connectivity index (χ1v) is 6.99. The van der Waals surface area contributed by atoms with E-state index in [1.807, 2.05) is 0 Å². The van der Waals surface area contributed by atoms with Gasteiger partial charge in [-0.3, -0.25) is 14.5 Å². The molecule has 5 nitrogen and oxygen atoms in total. The maximum atomic E-state index is 13.7. The van der Waals surface area contributed by atoms with Crippen molar-refractivity contribution < 1.29 is 19.1 Å². The van der Waals surface area contributed by atoms with E-state index in [9.17, 15) is 14.0 Å². The van der Waals surface area contributed by atoms with Crippen LogP contribution in [0.2, 0.25) is 5.02 Å². The number of halogens is 2. The second-order valence-electron chi connectivity index (χ2n) is 4.94. The summed E-state index contributed by atoms with van der Waals surface area (Å²) >= 11 is 5.89. The number of carboxylic acid groups (broad SMARTS) is 1. The Bertz CT molecular complexity index is 539. The van der Waals surface area contributed by atoms with Crippen LogP contribution in [0, 0.1) is 5.82 Å². The molecule has 114 valence electrons. The quantitative estimate of drug-likeness (QED) is 0.922. The number of hydrogen-bond donors (Lipinski definition) is 1. The fourth-order valence-electron chi connectivity index (χ4n) is 2.33. The van der Waals surface area contributed by atoms with E-state index in [2.05, 4.69) is 0 Å². The molecule has 0 saturated carbocycles. The number of rotatable bonds is 3. The van der Waals surface area contributed by atoms with E-state index in [4.69, 9.17) is 16.7 Å². The van der Waals surface area contributed by atoms with Gasteiger partial charge in [-0.15, -0.1) is 0 Å². The minimum Gasteiger partial charge on any atom is -0.480 e. The molecule has 0 bridgehead atoms. The van der Waals surface area contributed by atoms with Crippen LogP contribution in [0.5, 0.6) is 0 Å². The fourth-order valence-corrected chi connectivity index (χ4v) is 2.57. The molecule has 0 radical (unpaired) electrons. The second-order valence-corrected chi connectivity index (χ2v) is 5.35. The Morgan fingerprint density at radius 1 is 1.29 bits per heavy atom. The average molecular weight is 315 g/mol. The minimum absolute atomic E-state index is 0.0846. The monoisotopic (exact) mass is 314 g/mol. The molecule has 21 heavy (non-hydrogen) atoms. The molecule has 2 rings (SSSR count). The van der Waals surface area contributed by atoms with Crippen molar-refractivity contribution in [3.8, 4) is 0 Å². The van der Waals surface area contributed by atoms with E-state index >= 15 is 0 Å². The van der Waals surface area contributed by atoms with Crippen LogP contribution in [-0.2, 0) is 4.79 Å². The number of nitrogens with zero attached hydrogens (tertiary/aromatic N) is 2. The molecular formula is C14H16ClFN2O3. The van der Waals surface area contributed by atoms with Gasteiger partial charge in [0, 0.05) is 26.2 Å². The third-order valence-corrected chi connectivity index (χ3v) is 4.00. The summed E-state index contributed by atoms with van der Waals surface area (Å²) in [6.45, 7) is 3.17. The number of carbonyl (C=O) groups is 2. The summed E-state index contributed by atoms with van der Waals surface area (Å²) in [5.74, 6) is -2.00. The van der Waals surface area contributed by atoms with Crippen molar-refractivity contribution >= 4 is 23.5 Å². The predicted octanol–water partition coefficient (Wildman–Crippen LogP) is 1.71. The van der Waals surface area contributed by atoms with Crippen LogP contribution in [-0.4, -0.2) is 59.0 Å². The smallest absolute Gasteiger partial charge is 0.320 e. The van der Waals surface area contributed by atoms with Crippen LogP contribution < -0.4 is 0 Å². The second kappa shape index (κ2) is 6.41. The Kier molecular flexibility index (Phi) is 4.80. The van der Waals surface area contributed by atoms with Crippen LogP contribution >= 0.6 is 11.6 Å². The number of carbonyl (C=O) groups excluding carboxylic acids is 1. The maximum Gasteiger partial charge on any atom is 0.320 e. The predicted molar refractivity (Wildman–Crippen MR) is 76.0 cm³/mol. The van der Waals surface area contributed by atoms with Gasteiger partial charge in [0.25, 0.3) is 5.91 Å². The zero-order chi connectivity index (χ0) is 15.6. The Balaban J connectivity index is 2.06. The number of carboxylic acids is 1. The van der Waals surface area contributed by atoms with Crippen molar-refractivity contribution in [3.05, 3.63) is 34.6 Å². The van der Waals surface area contributed by atoms with Gasteiger partial charge in [0.2, 0.25) is 0 Å². The topological polar surface area (TPSA) is 60.9 Å². The minimum atomic E-state index is -0.896. The molecule has 1 aliphatic rings. The molecular weight excluding hydrogens is 299 g/mol. The number of piperazine rings is 1. The van der Waals surface area contributed by atoms with Crippen molar-refractivity contribution in [1.29, 1.82) is 0 Å². The zero-order valence-corrected chi connectivity index (χ0v) is 12.3. The molecule has 1 unspecified atom stereocenters. The normalized spacial score (nSPS) is 17.6. The molecule has 1 heterocycles. The Labute approximate surface area is 126 Å². The average Bonchev–Trinajstić information content (AvgIpc) is 2.46. The van der Waals surface area contributed by atoms with Crippen molar-refractivity contribution in [2.24, 2.45) is 0 Å². The fraction of sp³-hybridized carbons (Fsp3) is 0.429. The van der Waals surface area contributed by atoms with Gasteiger partial charge < -0.3 is 10.0 Å². The number of amides is 1. The molecule has 1 aromatic rings. The van der Waals surface area contributed by atoms with E-state index in [-0.39, 0.29) is 10.6 Å². The Morgan fingerprint density at radius 3 is 2.43 bits per heavy atom. The van der Waals surface area contributed by atoms with Gasteiger partial charge in [-0.05, 0) is 19.1 Å². The molecule has 1 saturated heterocycles. The van der Waals surface area contributed by atoms with E-state index in [1.165, 1.54) is 23.1 Å². The van der Waals surface area contributed by atoms with Crippen molar-refractivity contribution in [2.45, 2.75) is 13.0 Å². The third kappa shape index (κ3) is 3.33. The van der Waals surface area contributed by atoms with Gasteiger partial charge in [-0.25, -0.2) is 4.39 Å². The highest BCUT2D eigenvalue weighted by Crippen LogP contribution is 2.21. The summed E-state index contributed by atoms with van der Waals surface area (Å²) in [5, 5.41) is 9.06. The van der Waals surface area contributed by atoms with Crippen LogP contribution in [0.1, 0.15) is 17.3 Å². The largest absolute Gasteiger partial charge is 0.480 e. The molecule has 0 spiro atoms. The first kappa shape index (κ1) is 15.7. The maximum absolute atomic E-state index is 13.7. The lowest BCUT2D eigenvalue weighted by Crippen LogP contribution is -2.53. The molecule has 0 aromatic heterocycles. The van der Waals surface area contributed by atoms with Crippen LogP contribution in [0.3, 0.4) is 0 Å². The lowest BCUT2D eigenvalue weighted by atomic mass is 10.1. The van der Waals surface area contributed by atoms with Gasteiger partial charge in [-0.1, -0.05) is 17.7 Å². The molecule has 7 heteroatoms. The lowest BCUT2D eigenvalue weighted by molar-refractivity contribution is -0.143. The SMILES string of the molecule is CC(C(=O)O)N1CCN(C(=O)c2c(F)cccc2Cl)CC1. The molecule has 0 aliphatic carbocycles. The molecule has 1 atom stereocenters. The summed E-state index contributed by atoms with van der Waals surface area (Å²) in [6, 6.07) is 3.52. The summed E-state index contributed by atoms with van der Waals surface area (Å²) < 4.78 is 13.7. The van der Waals surface area contributed by atoms with Crippen molar-refractivity contribution in [2.75, 3.05) is 26.2 Å². The first-order valence-electron chi connectivity index (χ1n) is 6.62. The number of benzene rings is 1. The summed E-state index contributed by atoms with van der Waals surface area (Å²) in [5.41, 5.74) is -0.126. The van der Waals surface area contributed by atoms with E-state index < -0.39 is 23.7 Å². The summed E-state index contributed by atoms with van der Waals surface area (Å²) in [7, 11) is 0. The highest BCUT2D eigenvalue weighted by molar-refractivity contribution is 6.33. The molecule has 1 N–H and O–H groups in total. The molecule has 1 aromatic carbocycles. The van der Waals surface area contributed by atoms with Gasteiger partial charge in [0.1, 0.15) is 11.9 Å². The lowest BCUT2D eigenvalue weighted by Gasteiger charge is -2.36. The Hall–Kier alpha value is -1.66. The van der Waals surface area contributed by atoms with Crippen molar-refractivity contribution in [1.82, 2.24) is 9.80 Å². The first-order chi connectivity index (χ1) is 9.91. The van der Waals surface area contributed by atoms with Gasteiger partial charge >= 0.3 is 5.97 Å². The van der Waals surface area contributed by atoms with Gasteiger partial charge in [0.05, 0.1) is 10.6 Å². The highest BCUT2D eigenvalue weighted by Gasteiger charge is 2.29. The van der Waals surface area contributed by atoms with Crippen LogP contribution in [0.4, 0.5) is 4.39 Å². The van der Waals surface area contributed by atoms with E-state index in [1.54, 1.807) is 11.8 Å². The molecule has 1 amide bonds. The Morgan fingerprint density at radius 2 is 1.90 bits per heavy atom. The third-order valence-electron chi connectivity index (χ3n) is 3.68. The summed E-state index contributed by atoms with van der Waals surface area (Å²) in [4.78, 5) is 26.5. The standard InChI is InChI=1S/C14H16ClFN2O3/c1-9(14(20)21)17-5-7-18(8-6-17)13(19)12-10(15)3-2-4-11(12)16/h2-4,9H,5-8H2,1H3,(H,20,21). The summed E-state index contributed by atoms with van der Waals surface area (Å²) in [6.07, 6.45) is 0. The van der Waals surface area contributed by atoms with Gasteiger partial charge in [0.15, 0.2) is 0 Å². The van der Waals surface area contributed by atoms with Gasteiger partial charge in [-0.2, -0.15) is 0 Å².